The number of piperidine rings is 2. The summed E-state index contributed by atoms with van der Waals surface area (Å²) in [6.07, 6.45) is 10.0. The minimum Gasteiger partial charge on any atom is -0.296 e. The van der Waals surface area contributed by atoms with Crippen molar-refractivity contribution in [3.63, 3.8) is 0 Å². The SMILES string of the molecule is O=C1CCC(C2CCCCN2Cc2cn3cccnc3n2)C(=O)N1. The first-order valence-corrected chi connectivity index (χ1v) is 8.57. The lowest BCUT2D eigenvalue weighted by Gasteiger charge is -2.40. The quantitative estimate of drug-likeness (QED) is 0.855. The zero-order chi connectivity index (χ0) is 16.5. The molecule has 2 amide bonds. The van der Waals surface area contributed by atoms with Crippen molar-refractivity contribution < 1.29 is 9.59 Å². The number of aromatic nitrogens is 3. The number of likely N-dealkylation sites (tertiary alicyclic amines) is 1. The number of nitrogens with zero attached hydrogens (tertiary/aromatic N) is 4. The van der Waals surface area contributed by atoms with E-state index >= 15 is 0 Å². The van der Waals surface area contributed by atoms with Gasteiger partial charge in [0.1, 0.15) is 0 Å². The Morgan fingerprint density at radius 2 is 2.17 bits per heavy atom. The molecule has 2 aliphatic heterocycles. The van der Waals surface area contributed by atoms with Crippen LogP contribution in [0, 0.1) is 5.92 Å². The molecule has 0 aromatic carbocycles. The van der Waals surface area contributed by atoms with E-state index in [0.29, 0.717) is 25.2 Å². The lowest BCUT2D eigenvalue weighted by atomic mass is 9.84. The number of nitrogens with one attached hydrogen (secondary N) is 1. The van der Waals surface area contributed by atoms with Crippen LogP contribution in [0.15, 0.2) is 24.7 Å². The average molecular weight is 327 g/mol. The molecule has 2 atom stereocenters. The Morgan fingerprint density at radius 3 is 3.00 bits per heavy atom. The number of fused-ring (bicyclic) bond motifs is 1. The van der Waals surface area contributed by atoms with Gasteiger partial charge in [-0.25, -0.2) is 9.97 Å². The van der Waals surface area contributed by atoms with Crippen LogP contribution in [0.25, 0.3) is 5.78 Å². The molecule has 0 aliphatic carbocycles. The van der Waals surface area contributed by atoms with Crippen molar-refractivity contribution in [1.82, 2.24) is 24.6 Å². The van der Waals surface area contributed by atoms with Gasteiger partial charge in [0.25, 0.3) is 0 Å². The average Bonchev–Trinajstić information content (AvgIpc) is 2.98. The summed E-state index contributed by atoms with van der Waals surface area (Å²) in [6.45, 7) is 1.68. The molecule has 7 heteroatoms. The monoisotopic (exact) mass is 327 g/mol. The van der Waals surface area contributed by atoms with Gasteiger partial charge in [-0.05, 0) is 31.9 Å². The Kier molecular flexibility index (Phi) is 4.02. The minimum atomic E-state index is -0.148. The van der Waals surface area contributed by atoms with Crippen molar-refractivity contribution >= 4 is 17.6 Å². The highest BCUT2D eigenvalue weighted by molar-refractivity contribution is 5.98. The zero-order valence-corrected chi connectivity index (χ0v) is 13.5. The Balaban J connectivity index is 1.53. The minimum absolute atomic E-state index is 0.0989. The molecule has 2 aromatic rings. The van der Waals surface area contributed by atoms with Crippen LogP contribution in [0.1, 0.15) is 37.8 Å². The zero-order valence-electron chi connectivity index (χ0n) is 13.5. The van der Waals surface area contributed by atoms with Crippen LogP contribution in [-0.4, -0.2) is 43.7 Å². The summed E-state index contributed by atoms with van der Waals surface area (Å²) in [5, 5.41) is 2.50. The van der Waals surface area contributed by atoms with Crippen LogP contribution in [0.5, 0.6) is 0 Å². The van der Waals surface area contributed by atoms with Crippen molar-refractivity contribution in [2.75, 3.05) is 6.54 Å². The molecule has 7 nitrogen and oxygen atoms in total. The van der Waals surface area contributed by atoms with E-state index in [4.69, 9.17) is 0 Å². The van der Waals surface area contributed by atoms with E-state index in [2.05, 4.69) is 20.2 Å². The molecule has 2 fully saturated rings. The molecule has 2 unspecified atom stereocenters. The normalized spacial score (nSPS) is 25.8. The molecule has 2 saturated heterocycles. The Morgan fingerprint density at radius 1 is 1.25 bits per heavy atom. The Labute approximate surface area is 140 Å². The predicted octanol–water partition coefficient (Wildman–Crippen LogP) is 1.14. The second-order valence-electron chi connectivity index (χ2n) is 6.65. The number of amides is 2. The molecule has 4 rings (SSSR count). The van der Waals surface area contributed by atoms with Crippen LogP contribution in [0.3, 0.4) is 0 Å². The van der Waals surface area contributed by atoms with Gasteiger partial charge in [0, 0.05) is 37.6 Å². The van der Waals surface area contributed by atoms with Crippen LogP contribution in [0.4, 0.5) is 0 Å². The number of hydrogen-bond acceptors (Lipinski definition) is 5. The maximum atomic E-state index is 12.3. The van der Waals surface area contributed by atoms with Gasteiger partial charge >= 0.3 is 0 Å². The third kappa shape index (κ3) is 2.91. The molecular formula is C17H21N5O2. The lowest BCUT2D eigenvalue weighted by Crippen LogP contribution is -2.52. The summed E-state index contributed by atoms with van der Waals surface area (Å²) in [5.41, 5.74) is 0.966. The van der Waals surface area contributed by atoms with Crippen LogP contribution in [0.2, 0.25) is 0 Å². The summed E-state index contributed by atoms with van der Waals surface area (Å²) >= 11 is 0. The highest BCUT2D eigenvalue weighted by atomic mass is 16.2. The molecule has 2 aliphatic rings. The molecule has 0 saturated carbocycles. The lowest BCUT2D eigenvalue weighted by molar-refractivity contribution is -0.138. The molecule has 2 aromatic heterocycles. The van der Waals surface area contributed by atoms with Crippen molar-refractivity contribution in [2.24, 2.45) is 5.92 Å². The highest BCUT2D eigenvalue weighted by Gasteiger charge is 2.37. The molecule has 0 spiro atoms. The Bertz CT molecular complexity index is 738. The summed E-state index contributed by atoms with van der Waals surface area (Å²) in [6, 6.07) is 2.07. The van der Waals surface area contributed by atoms with Crippen molar-refractivity contribution in [2.45, 2.75) is 44.7 Å². The number of imidazole rings is 1. The smallest absolute Gasteiger partial charge is 0.233 e. The first kappa shape index (κ1) is 15.3. The maximum Gasteiger partial charge on any atom is 0.233 e. The summed E-state index contributed by atoms with van der Waals surface area (Å²) in [7, 11) is 0. The van der Waals surface area contributed by atoms with Gasteiger partial charge in [-0.15, -0.1) is 0 Å². The van der Waals surface area contributed by atoms with Crippen LogP contribution < -0.4 is 5.32 Å². The molecule has 24 heavy (non-hydrogen) atoms. The summed E-state index contributed by atoms with van der Waals surface area (Å²) in [5.74, 6) is 0.338. The first-order chi connectivity index (χ1) is 11.7. The summed E-state index contributed by atoms with van der Waals surface area (Å²) < 4.78 is 1.92. The summed E-state index contributed by atoms with van der Waals surface area (Å²) in [4.78, 5) is 34.8. The van der Waals surface area contributed by atoms with Gasteiger partial charge in [0.15, 0.2) is 0 Å². The number of hydrogen-bond donors (Lipinski definition) is 1. The van der Waals surface area contributed by atoms with Gasteiger partial charge in [0.05, 0.1) is 11.6 Å². The third-order valence-corrected chi connectivity index (χ3v) is 5.06. The van der Waals surface area contributed by atoms with Crippen molar-refractivity contribution in [3.05, 3.63) is 30.4 Å². The fourth-order valence-corrected chi connectivity index (χ4v) is 3.91. The standard InChI is InChI=1S/C17H21N5O2/c23-15-6-5-13(16(24)20-15)14-4-1-2-8-21(14)10-12-11-22-9-3-7-18-17(22)19-12/h3,7,9,11,13-14H,1-2,4-6,8,10H2,(H,20,23,24). The fraction of sp³-hybridized carbons (Fsp3) is 0.529. The van der Waals surface area contributed by atoms with E-state index in [1.54, 1.807) is 6.20 Å². The van der Waals surface area contributed by atoms with Gasteiger partial charge < -0.3 is 0 Å². The maximum absolute atomic E-state index is 12.3. The highest BCUT2D eigenvalue weighted by Crippen LogP contribution is 2.29. The van der Waals surface area contributed by atoms with Gasteiger partial charge in [-0.1, -0.05) is 6.42 Å². The van der Waals surface area contributed by atoms with E-state index < -0.39 is 0 Å². The molecule has 0 bridgehead atoms. The van der Waals surface area contributed by atoms with E-state index in [9.17, 15) is 9.59 Å². The number of rotatable bonds is 3. The second kappa shape index (κ2) is 6.32. The predicted molar refractivity (Wildman–Crippen MR) is 86.9 cm³/mol. The van der Waals surface area contributed by atoms with E-state index in [0.717, 1.165) is 31.5 Å². The van der Waals surface area contributed by atoms with Gasteiger partial charge in [-0.2, -0.15) is 0 Å². The van der Waals surface area contributed by atoms with E-state index in [-0.39, 0.29) is 23.8 Å². The fourth-order valence-electron chi connectivity index (χ4n) is 3.91. The second-order valence-corrected chi connectivity index (χ2v) is 6.65. The number of carbonyl (C=O) groups is 2. The molecule has 1 N–H and O–H groups in total. The molecule has 126 valence electrons. The first-order valence-electron chi connectivity index (χ1n) is 8.57. The van der Waals surface area contributed by atoms with E-state index in [1.165, 1.54) is 0 Å². The molecule has 4 heterocycles. The van der Waals surface area contributed by atoms with Crippen molar-refractivity contribution in [3.8, 4) is 0 Å². The molecular weight excluding hydrogens is 306 g/mol. The Hall–Kier alpha value is -2.28. The van der Waals surface area contributed by atoms with Crippen LogP contribution in [-0.2, 0) is 16.1 Å². The van der Waals surface area contributed by atoms with Crippen LogP contribution >= 0.6 is 0 Å². The van der Waals surface area contributed by atoms with Gasteiger partial charge in [0.2, 0.25) is 17.6 Å². The number of carbonyl (C=O) groups excluding carboxylic acids is 2. The van der Waals surface area contributed by atoms with Gasteiger partial charge in [-0.3, -0.25) is 24.2 Å². The molecule has 0 radical (unpaired) electrons. The largest absolute Gasteiger partial charge is 0.296 e. The van der Waals surface area contributed by atoms with E-state index in [1.807, 2.05) is 22.9 Å². The third-order valence-electron chi connectivity index (χ3n) is 5.06. The van der Waals surface area contributed by atoms with Crippen molar-refractivity contribution in [1.29, 1.82) is 0 Å². The topological polar surface area (TPSA) is 79.6 Å². The number of imide groups is 1.